The number of aromatic hydroxyl groups is 1. The standard InChI is InChI=1S/C30H34F2N8O2/c1-2-20-11-33-24-9-21(41)8-23(40(20)24)27-25(32)26-22(12-34-27)28(38-14-18-4-5-19(15-38)35-18)37-29(36-26)42-16-30-6-3-7-39(30)13-17(31)10-30/h8-9,11-12,17-19,35,41H,2-7,10,13-16H2,1H3/t17-,18-,19+,30+/m1/s1. The molecule has 0 unspecified atom stereocenters. The van der Waals surface area contributed by atoms with Gasteiger partial charge in [-0.05, 0) is 38.6 Å². The van der Waals surface area contributed by atoms with Gasteiger partial charge in [-0.15, -0.1) is 0 Å². The highest BCUT2D eigenvalue weighted by atomic mass is 19.1. The number of hydrogen-bond donors (Lipinski definition) is 2. The van der Waals surface area contributed by atoms with Crippen LogP contribution in [0.2, 0.25) is 0 Å². The molecule has 220 valence electrons. The normalized spacial score (nSPS) is 27.4. The summed E-state index contributed by atoms with van der Waals surface area (Å²) in [5.41, 5.74) is 1.56. The highest BCUT2D eigenvalue weighted by molar-refractivity contribution is 5.92. The first-order valence-electron chi connectivity index (χ1n) is 15.0. The Kier molecular flexibility index (Phi) is 6.01. The molecule has 0 spiro atoms. The van der Waals surface area contributed by atoms with Gasteiger partial charge < -0.3 is 20.1 Å². The van der Waals surface area contributed by atoms with E-state index in [1.54, 1.807) is 18.5 Å². The van der Waals surface area contributed by atoms with Crippen molar-refractivity contribution in [3.63, 3.8) is 0 Å². The van der Waals surface area contributed by atoms with Gasteiger partial charge in [0.2, 0.25) is 0 Å². The highest BCUT2D eigenvalue weighted by Crippen LogP contribution is 2.41. The van der Waals surface area contributed by atoms with Crippen molar-refractivity contribution in [1.29, 1.82) is 0 Å². The first kappa shape index (κ1) is 26.0. The Labute approximate surface area is 241 Å². The fourth-order valence-electron chi connectivity index (χ4n) is 7.71. The van der Waals surface area contributed by atoms with Gasteiger partial charge in [0.05, 0.1) is 16.6 Å². The maximum Gasteiger partial charge on any atom is 0.319 e. The quantitative estimate of drug-likeness (QED) is 0.356. The van der Waals surface area contributed by atoms with Crippen LogP contribution in [0.5, 0.6) is 11.8 Å². The summed E-state index contributed by atoms with van der Waals surface area (Å²) in [6, 6.07) is 3.81. The Morgan fingerprint density at radius 2 is 1.95 bits per heavy atom. The lowest BCUT2D eigenvalue weighted by atomic mass is 9.95. The van der Waals surface area contributed by atoms with Crippen LogP contribution in [0.4, 0.5) is 14.6 Å². The molecule has 4 aliphatic heterocycles. The Morgan fingerprint density at radius 3 is 2.76 bits per heavy atom. The molecular weight excluding hydrogens is 542 g/mol. The van der Waals surface area contributed by atoms with Crippen molar-refractivity contribution in [2.75, 3.05) is 37.7 Å². The number of imidazole rings is 1. The predicted molar refractivity (Wildman–Crippen MR) is 153 cm³/mol. The predicted octanol–water partition coefficient (Wildman–Crippen LogP) is 3.64. The lowest BCUT2D eigenvalue weighted by molar-refractivity contribution is 0.107. The number of pyridine rings is 2. The number of aromatic nitrogens is 5. The Balaban J connectivity index is 1.25. The number of ether oxygens (including phenoxy) is 1. The molecule has 4 aliphatic rings. The van der Waals surface area contributed by atoms with Gasteiger partial charge in [0.15, 0.2) is 5.82 Å². The SMILES string of the molecule is CCc1cnc2cc(O)cc(-c3ncc4c(N5C[C@H]6CC[C@@H](C5)N6)nc(OC[C@@]56CCCN5C[C@H](F)C6)nc4c3F)n12. The molecule has 0 aromatic carbocycles. The molecule has 42 heavy (non-hydrogen) atoms. The van der Waals surface area contributed by atoms with Crippen molar-refractivity contribution < 1.29 is 18.6 Å². The van der Waals surface area contributed by atoms with E-state index in [9.17, 15) is 9.50 Å². The molecule has 8 heterocycles. The third kappa shape index (κ3) is 4.10. The van der Waals surface area contributed by atoms with E-state index in [0.717, 1.165) is 51.0 Å². The number of fused-ring (bicyclic) bond motifs is 5. The summed E-state index contributed by atoms with van der Waals surface area (Å²) in [7, 11) is 0. The minimum Gasteiger partial charge on any atom is -0.508 e. The lowest BCUT2D eigenvalue weighted by Crippen LogP contribution is -2.51. The fraction of sp³-hybridized carbons (Fsp3) is 0.533. The van der Waals surface area contributed by atoms with Crippen molar-refractivity contribution in [1.82, 2.24) is 34.6 Å². The molecule has 4 aromatic rings. The van der Waals surface area contributed by atoms with Crippen LogP contribution in [0.1, 0.15) is 44.7 Å². The highest BCUT2D eigenvalue weighted by Gasteiger charge is 2.49. The zero-order chi connectivity index (χ0) is 28.6. The Morgan fingerprint density at radius 1 is 1.12 bits per heavy atom. The van der Waals surface area contributed by atoms with Gasteiger partial charge in [-0.25, -0.2) is 13.8 Å². The number of anilines is 1. The Bertz CT molecular complexity index is 1690. The minimum absolute atomic E-state index is 0.0288. The van der Waals surface area contributed by atoms with Crippen LogP contribution < -0.4 is 15.0 Å². The number of hydrogen-bond acceptors (Lipinski definition) is 9. The number of piperazine rings is 1. The van der Waals surface area contributed by atoms with E-state index in [1.165, 1.54) is 6.07 Å². The van der Waals surface area contributed by atoms with Crippen LogP contribution in [-0.4, -0.2) is 90.9 Å². The molecule has 4 fully saturated rings. The van der Waals surface area contributed by atoms with Crippen molar-refractivity contribution in [3.05, 3.63) is 36.0 Å². The lowest BCUT2D eigenvalue weighted by Gasteiger charge is -2.34. The fourth-order valence-corrected chi connectivity index (χ4v) is 7.71. The second kappa shape index (κ2) is 9.70. The number of alkyl halides is 1. The number of aryl methyl sites for hydroxylation is 1. The van der Waals surface area contributed by atoms with Crippen molar-refractivity contribution >= 4 is 22.4 Å². The summed E-state index contributed by atoms with van der Waals surface area (Å²) in [4.78, 5) is 22.8. The Hall–Kier alpha value is -3.64. The van der Waals surface area contributed by atoms with Gasteiger partial charge in [-0.3, -0.25) is 14.3 Å². The maximum absolute atomic E-state index is 16.6. The second-order valence-corrected chi connectivity index (χ2v) is 12.3. The first-order valence-corrected chi connectivity index (χ1v) is 15.0. The molecule has 2 bridgehead atoms. The summed E-state index contributed by atoms with van der Waals surface area (Å²) < 4.78 is 39.1. The van der Waals surface area contributed by atoms with Gasteiger partial charge >= 0.3 is 6.01 Å². The summed E-state index contributed by atoms with van der Waals surface area (Å²) >= 11 is 0. The minimum atomic E-state index is -0.875. The third-order valence-corrected chi connectivity index (χ3v) is 9.66. The molecule has 4 atom stereocenters. The summed E-state index contributed by atoms with van der Waals surface area (Å²) in [6.45, 7) is 5.02. The largest absolute Gasteiger partial charge is 0.508 e. The van der Waals surface area contributed by atoms with Gasteiger partial charge in [-0.1, -0.05) is 6.92 Å². The molecule has 4 aromatic heterocycles. The van der Waals surface area contributed by atoms with E-state index in [-0.39, 0.29) is 35.1 Å². The van der Waals surface area contributed by atoms with Gasteiger partial charge in [0.1, 0.15) is 41.2 Å². The van der Waals surface area contributed by atoms with E-state index in [4.69, 9.17) is 9.72 Å². The molecule has 2 N–H and O–H groups in total. The van der Waals surface area contributed by atoms with E-state index in [0.29, 0.717) is 54.0 Å². The van der Waals surface area contributed by atoms with E-state index < -0.39 is 12.0 Å². The van der Waals surface area contributed by atoms with Crippen molar-refractivity contribution in [2.24, 2.45) is 0 Å². The number of halogens is 2. The topological polar surface area (TPSA) is 104 Å². The van der Waals surface area contributed by atoms with Crippen molar-refractivity contribution in [3.8, 4) is 23.1 Å². The number of nitrogens with one attached hydrogen (secondary N) is 1. The number of nitrogens with zero attached hydrogens (tertiary/aromatic N) is 7. The summed E-state index contributed by atoms with van der Waals surface area (Å²) in [5, 5.41) is 14.6. The molecule has 8 rings (SSSR count). The average molecular weight is 577 g/mol. The number of rotatable bonds is 6. The molecule has 12 heteroatoms. The van der Waals surface area contributed by atoms with Crippen molar-refractivity contribution in [2.45, 2.75) is 69.2 Å². The van der Waals surface area contributed by atoms with E-state index in [1.807, 2.05) is 11.3 Å². The molecule has 10 nitrogen and oxygen atoms in total. The molecule has 0 saturated carbocycles. The molecule has 0 amide bonds. The van der Waals surface area contributed by atoms with Crippen LogP contribution in [0.15, 0.2) is 24.5 Å². The van der Waals surface area contributed by atoms with Crippen LogP contribution in [-0.2, 0) is 6.42 Å². The molecule has 0 radical (unpaired) electrons. The smallest absolute Gasteiger partial charge is 0.319 e. The third-order valence-electron chi connectivity index (χ3n) is 9.66. The van der Waals surface area contributed by atoms with Crippen LogP contribution >= 0.6 is 0 Å². The first-order chi connectivity index (χ1) is 20.4. The van der Waals surface area contributed by atoms with Crippen LogP contribution in [0.25, 0.3) is 27.9 Å². The molecule has 4 saturated heterocycles. The molecular formula is C30H34F2N8O2. The van der Waals surface area contributed by atoms with E-state index in [2.05, 4.69) is 30.1 Å². The zero-order valence-corrected chi connectivity index (χ0v) is 23.6. The second-order valence-electron chi connectivity index (χ2n) is 12.3. The van der Waals surface area contributed by atoms with Gasteiger partial charge in [0, 0.05) is 68.4 Å². The maximum atomic E-state index is 16.6. The van der Waals surface area contributed by atoms with Crippen LogP contribution in [0, 0.1) is 5.82 Å². The molecule has 0 aliphatic carbocycles. The van der Waals surface area contributed by atoms with E-state index >= 15 is 4.39 Å². The van der Waals surface area contributed by atoms with Crippen LogP contribution in [0.3, 0.4) is 0 Å². The summed E-state index contributed by atoms with van der Waals surface area (Å²) in [5.74, 6) is -0.0502. The zero-order valence-electron chi connectivity index (χ0n) is 23.6. The average Bonchev–Trinajstić information content (AvgIpc) is 3.73. The summed E-state index contributed by atoms with van der Waals surface area (Å²) in [6.07, 6.45) is 7.60. The van der Waals surface area contributed by atoms with Gasteiger partial charge in [-0.2, -0.15) is 9.97 Å². The van der Waals surface area contributed by atoms with Gasteiger partial charge in [0.25, 0.3) is 0 Å². The monoisotopic (exact) mass is 576 g/mol.